The van der Waals surface area contributed by atoms with Crippen molar-refractivity contribution >= 4 is 11.7 Å². The molecule has 1 aliphatic rings. The van der Waals surface area contributed by atoms with Gasteiger partial charge < -0.3 is 15.4 Å². The molecule has 2 N–H and O–H groups in total. The molecule has 9 heteroatoms. The van der Waals surface area contributed by atoms with Crippen LogP contribution < -0.4 is 10.5 Å². The number of fused-ring (bicyclic) bond motifs is 1. The van der Waals surface area contributed by atoms with Gasteiger partial charge in [0.1, 0.15) is 24.0 Å². The lowest BCUT2D eigenvalue weighted by atomic mass is 10.0. The van der Waals surface area contributed by atoms with E-state index in [0.717, 1.165) is 17.2 Å². The summed E-state index contributed by atoms with van der Waals surface area (Å²) in [4.78, 5) is 18.3. The molecule has 2 heterocycles. The summed E-state index contributed by atoms with van der Waals surface area (Å²) in [6.07, 6.45) is -3.20. The molecule has 0 aliphatic carbocycles. The van der Waals surface area contributed by atoms with Crippen LogP contribution in [0.3, 0.4) is 0 Å². The van der Waals surface area contributed by atoms with Crippen LogP contribution in [-0.4, -0.2) is 28.9 Å². The number of amides is 1. The number of carbonyl (C=O) groups is 1. The highest BCUT2D eigenvalue weighted by molar-refractivity contribution is 5.94. The molecule has 0 atom stereocenters. The molecule has 1 amide bonds. The maximum absolute atomic E-state index is 13.9. The van der Waals surface area contributed by atoms with Crippen LogP contribution in [0.1, 0.15) is 21.5 Å². The predicted octanol–water partition coefficient (Wildman–Crippen LogP) is 4.52. The van der Waals surface area contributed by atoms with Crippen molar-refractivity contribution in [2.75, 3.05) is 18.9 Å². The van der Waals surface area contributed by atoms with Gasteiger partial charge >= 0.3 is 6.18 Å². The first-order valence-electron chi connectivity index (χ1n) is 9.36. The topological polar surface area (TPSA) is 68.5 Å². The van der Waals surface area contributed by atoms with Crippen molar-refractivity contribution in [1.82, 2.24) is 9.88 Å². The number of nitrogens with two attached hydrogens (primary N) is 1. The summed E-state index contributed by atoms with van der Waals surface area (Å²) in [5, 5.41) is 0. The molecule has 1 aromatic heterocycles. The third-order valence-electron chi connectivity index (χ3n) is 4.97. The average Bonchev–Trinajstić information content (AvgIpc) is 2.94. The number of halogens is 4. The number of pyridine rings is 1. The van der Waals surface area contributed by atoms with Crippen LogP contribution in [0.25, 0.3) is 11.1 Å². The van der Waals surface area contributed by atoms with E-state index in [1.807, 2.05) is 18.2 Å². The van der Waals surface area contributed by atoms with Gasteiger partial charge in [0.05, 0.1) is 12.1 Å². The number of hydrogen-bond donors (Lipinski definition) is 1. The molecule has 0 bridgehead atoms. The first-order chi connectivity index (χ1) is 14.7. The van der Waals surface area contributed by atoms with Crippen LogP contribution in [0.2, 0.25) is 0 Å². The Labute approximate surface area is 175 Å². The largest absolute Gasteiger partial charge is 0.491 e. The normalized spacial score (nSPS) is 13.9. The van der Waals surface area contributed by atoms with Gasteiger partial charge in [0.2, 0.25) is 0 Å². The average molecular weight is 431 g/mol. The minimum Gasteiger partial charge on any atom is -0.491 e. The van der Waals surface area contributed by atoms with Crippen LogP contribution in [0.15, 0.2) is 54.7 Å². The summed E-state index contributed by atoms with van der Waals surface area (Å²) >= 11 is 0. The van der Waals surface area contributed by atoms with E-state index in [4.69, 9.17) is 10.5 Å². The Balaban J connectivity index is 1.61. The first kappa shape index (κ1) is 20.6. The lowest BCUT2D eigenvalue weighted by Crippen LogP contribution is -2.32. The summed E-state index contributed by atoms with van der Waals surface area (Å²) in [7, 11) is 0. The van der Waals surface area contributed by atoms with E-state index in [1.165, 1.54) is 4.90 Å². The molecule has 0 spiro atoms. The molecule has 0 radical (unpaired) electrons. The zero-order chi connectivity index (χ0) is 22.2. The van der Waals surface area contributed by atoms with Crippen molar-refractivity contribution in [3.05, 3.63) is 77.2 Å². The second kappa shape index (κ2) is 7.90. The van der Waals surface area contributed by atoms with E-state index in [1.54, 1.807) is 18.3 Å². The van der Waals surface area contributed by atoms with Gasteiger partial charge in [0.25, 0.3) is 5.91 Å². The van der Waals surface area contributed by atoms with Crippen LogP contribution >= 0.6 is 0 Å². The van der Waals surface area contributed by atoms with Crippen LogP contribution in [0.5, 0.6) is 5.75 Å². The molecule has 0 fully saturated rings. The maximum atomic E-state index is 13.9. The highest BCUT2D eigenvalue weighted by Gasteiger charge is 2.34. The second-order valence-electron chi connectivity index (χ2n) is 7.06. The smallest absolute Gasteiger partial charge is 0.419 e. The molecule has 31 heavy (non-hydrogen) atoms. The Hall–Kier alpha value is -3.62. The first-order valence-corrected chi connectivity index (χ1v) is 9.36. The Morgan fingerprint density at radius 2 is 1.84 bits per heavy atom. The summed E-state index contributed by atoms with van der Waals surface area (Å²) in [5.41, 5.74) is 6.43. The summed E-state index contributed by atoms with van der Waals surface area (Å²) < 4.78 is 58.0. The van der Waals surface area contributed by atoms with Crippen molar-refractivity contribution in [1.29, 1.82) is 0 Å². The van der Waals surface area contributed by atoms with Crippen molar-refractivity contribution in [2.24, 2.45) is 0 Å². The number of hydrogen-bond acceptors (Lipinski definition) is 4. The molecule has 2 aromatic carbocycles. The van der Waals surface area contributed by atoms with Gasteiger partial charge in [-0.25, -0.2) is 9.37 Å². The third-order valence-corrected chi connectivity index (χ3v) is 4.97. The van der Waals surface area contributed by atoms with E-state index < -0.39 is 23.5 Å². The number of anilines is 1. The standard InChI is InChI=1S/C22H17F4N3O2/c23-18-10-14(1-4-17(18)22(24,25)26)21(30)29-7-8-31-19-5-2-13(9-16(19)12-29)15-3-6-20(27)28-11-15/h1-6,9-11H,7-8,12H2,(H2,27,28). The lowest BCUT2D eigenvalue weighted by molar-refractivity contribution is -0.140. The minimum absolute atomic E-state index is 0.159. The van der Waals surface area contributed by atoms with E-state index in [9.17, 15) is 22.4 Å². The molecular formula is C22H17F4N3O2. The van der Waals surface area contributed by atoms with E-state index in [0.29, 0.717) is 29.3 Å². The fourth-order valence-electron chi connectivity index (χ4n) is 3.38. The number of nitrogens with zero attached hydrogens (tertiary/aromatic N) is 2. The maximum Gasteiger partial charge on any atom is 0.419 e. The molecule has 4 rings (SSSR count). The number of carbonyl (C=O) groups excluding carboxylic acids is 1. The molecule has 0 saturated carbocycles. The summed E-state index contributed by atoms with van der Waals surface area (Å²) in [6, 6.07) is 11.2. The number of benzene rings is 2. The van der Waals surface area contributed by atoms with Gasteiger partial charge in [0, 0.05) is 29.4 Å². The molecule has 5 nitrogen and oxygen atoms in total. The van der Waals surface area contributed by atoms with Crippen molar-refractivity contribution in [3.8, 4) is 16.9 Å². The Bertz CT molecular complexity index is 1130. The van der Waals surface area contributed by atoms with Gasteiger partial charge in [0.15, 0.2) is 0 Å². The van der Waals surface area contributed by atoms with Gasteiger partial charge in [-0.2, -0.15) is 13.2 Å². The molecule has 160 valence electrons. The zero-order valence-electron chi connectivity index (χ0n) is 16.1. The zero-order valence-corrected chi connectivity index (χ0v) is 16.1. The van der Waals surface area contributed by atoms with Gasteiger partial charge in [-0.05, 0) is 48.0 Å². The van der Waals surface area contributed by atoms with Crippen LogP contribution in [0.4, 0.5) is 23.4 Å². The van der Waals surface area contributed by atoms with E-state index in [2.05, 4.69) is 4.98 Å². The highest BCUT2D eigenvalue weighted by Crippen LogP contribution is 2.33. The highest BCUT2D eigenvalue weighted by atomic mass is 19.4. The minimum atomic E-state index is -4.82. The van der Waals surface area contributed by atoms with Gasteiger partial charge in [-0.3, -0.25) is 4.79 Å². The Kier molecular flexibility index (Phi) is 5.26. The van der Waals surface area contributed by atoms with Crippen molar-refractivity contribution in [2.45, 2.75) is 12.7 Å². The lowest BCUT2D eigenvalue weighted by Gasteiger charge is -2.20. The summed E-state index contributed by atoms with van der Waals surface area (Å²) in [6.45, 7) is 0.562. The Morgan fingerprint density at radius 1 is 1.06 bits per heavy atom. The molecule has 0 saturated heterocycles. The third kappa shape index (κ3) is 4.30. The SMILES string of the molecule is Nc1ccc(-c2ccc3c(c2)CN(C(=O)c2ccc(C(F)(F)F)c(F)c2)CCO3)cn1. The number of ether oxygens (including phenoxy) is 1. The molecule has 1 aliphatic heterocycles. The number of rotatable bonds is 2. The van der Waals surface area contributed by atoms with Crippen LogP contribution in [0, 0.1) is 5.82 Å². The van der Waals surface area contributed by atoms with Crippen LogP contribution in [-0.2, 0) is 12.7 Å². The van der Waals surface area contributed by atoms with Crippen molar-refractivity contribution < 1.29 is 27.1 Å². The quantitative estimate of drug-likeness (QED) is 0.606. The molecule has 3 aromatic rings. The number of alkyl halides is 3. The molecule has 0 unspecified atom stereocenters. The van der Waals surface area contributed by atoms with E-state index >= 15 is 0 Å². The Morgan fingerprint density at radius 3 is 2.52 bits per heavy atom. The number of nitrogen functional groups attached to an aromatic ring is 1. The van der Waals surface area contributed by atoms with E-state index in [-0.39, 0.29) is 25.3 Å². The monoisotopic (exact) mass is 431 g/mol. The number of aromatic nitrogens is 1. The second-order valence-corrected chi connectivity index (χ2v) is 7.06. The summed E-state index contributed by atoms with van der Waals surface area (Å²) in [5.74, 6) is -1.07. The predicted molar refractivity (Wildman–Crippen MR) is 106 cm³/mol. The fourth-order valence-corrected chi connectivity index (χ4v) is 3.38. The van der Waals surface area contributed by atoms with Crippen molar-refractivity contribution in [3.63, 3.8) is 0 Å². The fraction of sp³-hybridized carbons (Fsp3) is 0.182. The molecular weight excluding hydrogens is 414 g/mol. The van der Waals surface area contributed by atoms with Gasteiger partial charge in [-0.1, -0.05) is 6.07 Å². The van der Waals surface area contributed by atoms with Gasteiger partial charge in [-0.15, -0.1) is 0 Å².